The van der Waals surface area contributed by atoms with Gasteiger partial charge in [-0.15, -0.1) is 11.3 Å². The van der Waals surface area contributed by atoms with Gasteiger partial charge < -0.3 is 5.32 Å². The molecule has 1 saturated heterocycles. The minimum Gasteiger partial charge on any atom is -0.317 e. The Hall–Kier alpha value is -0.970. The van der Waals surface area contributed by atoms with Crippen LogP contribution in [0.25, 0.3) is 11.3 Å². The van der Waals surface area contributed by atoms with Crippen LogP contribution in [0.3, 0.4) is 0 Å². The van der Waals surface area contributed by atoms with E-state index < -0.39 is 0 Å². The van der Waals surface area contributed by atoms with Crippen molar-refractivity contribution >= 4 is 22.9 Å². The van der Waals surface area contributed by atoms with Crippen LogP contribution in [0.5, 0.6) is 0 Å². The number of thiazole rings is 1. The van der Waals surface area contributed by atoms with Crippen LogP contribution in [0.2, 0.25) is 5.02 Å². The average Bonchev–Trinajstić information content (AvgIpc) is 2.93. The molecule has 0 amide bonds. The summed E-state index contributed by atoms with van der Waals surface area (Å²) >= 11 is 7.50. The van der Waals surface area contributed by atoms with E-state index in [-0.39, 0.29) is 10.8 Å². The van der Waals surface area contributed by atoms with Crippen molar-refractivity contribution in [1.82, 2.24) is 10.3 Å². The first-order valence-corrected chi connectivity index (χ1v) is 7.61. The summed E-state index contributed by atoms with van der Waals surface area (Å²) in [5, 5.41) is 6.71. The van der Waals surface area contributed by atoms with Crippen LogP contribution >= 0.6 is 22.9 Å². The fraction of sp³-hybridized carbons (Fsp3) is 0.357. The summed E-state index contributed by atoms with van der Waals surface area (Å²) in [7, 11) is 0. The third kappa shape index (κ3) is 2.81. The summed E-state index contributed by atoms with van der Waals surface area (Å²) in [6, 6.07) is 4.75. The Morgan fingerprint density at radius 3 is 2.84 bits per heavy atom. The maximum Gasteiger partial charge on any atom is 0.141 e. The van der Waals surface area contributed by atoms with Crippen LogP contribution < -0.4 is 5.32 Å². The van der Waals surface area contributed by atoms with Crippen LogP contribution in [0, 0.1) is 5.82 Å². The number of halogens is 2. The molecular weight excluding hydrogens is 283 g/mol. The highest BCUT2D eigenvalue weighted by molar-refractivity contribution is 7.10. The highest BCUT2D eigenvalue weighted by Crippen LogP contribution is 2.32. The second kappa shape index (κ2) is 5.57. The van der Waals surface area contributed by atoms with Gasteiger partial charge in [0.05, 0.1) is 15.7 Å². The largest absolute Gasteiger partial charge is 0.317 e. The number of hydrogen-bond acceptors (Lipinski definition) is 3. The molecule has 0 aliphatic carbocycles. The Balaban J connectivity index is 1.85. The van der Waals surface area contributed by atoms with E-state index in [9.17, 15) is 4.39 Å². The lowest BCUT2D eigenvalue weighted by molar-refractivity contribution is 0.459. The normalized spacial score (nSPS) is 16.7. The number of rotatable bonds is 2. The summed E-state index contributed by atoms with van der Waals surface area (Å²) in [4.78, 5) is 4.68. The third-order valence-electron chi connectivity index (χ3n) is 3.43. The molecule has 0 saturated carbocycles. The molecule has 3 rings (SSSR count). The van der Waals surface area contributed by atoms with Crippen LogP contribution in [-0.2, 0) is 0 Å². The highest BCUT2D eigenvalue weighted by Gasteiger charge is 2.18. The van der Waals surface area contributed by atoms with Gasteiger partial charge in [0.1, 0.15) is 5.82 Å². The molecule has 0 spiro atoms. The third-order valence-corrected chi connectivity index (χ3v) is 4.72. The van der Waals surface area contributed by atoms with Crippen molar-refractivity contribution in [2.75, 3.05) is 13.1 Å². The SMILES string of the molecule is Fc1ccc(-c2csc(C3CCNCC3)n2)cc1Cl. The topological polar surface area (TPSA) is 24.9 Å². The van der Waals surface area contributed by atoms with E-state index in [1.807, 2.05) is 5.38 Å². The molecule has 1 aliphatic rings. The van der Waals surface area contributed by atoms with E-state index in [1.165, 1.54) is 11.1 Å². The first kappa shape index (κ1) is 13.0. The Labute approximate surface area is 120 Å². The molecule has 2 heterocycles. The Morgan fingerprint density at radius 2 is 2.11 bits per heavy atom. The second-order valence-corrected chi connectivity index (χ2v) is 6.02. The summed E-state index contributed by atoms with van der Waals surface area (Å²) in [6.45, 7) is 2.11. The summed E-state index contributed by atoms with van der Waals surface area (Å²) in [6.07, 6.45) is 2.27. The van der Waals surface area contributed by atoms with Crippen LogP contribution in [-0.4, -0.2) is 18.1 Å². The van der Waals surface area contributed by atoms with E-state index in [2.05, 4.69) is 10.3 Å². The van der Waals surface area contributed by atoms with Gasteiger partial charge in [0.25, 0.3) is 0 Å². The fourth-order valence-corrected chi connectivity index (χ4v) is 3.51. The molecule has 5 heteroatoms. The molecule has 19 heavy (non-hydrogen) atoms. The van der Waals surface area contributed by atoms with Crippen molar-refractivity contribution in [3.8, 4) is 11.3 Å². The number of aromatic nitrogens is 1. The second-order valence-electron chi connectivity index (χ2n) is 4.72. The number of nitrogens with zero attached hydrogens (tertiary/aromatic N) is 1. The first-order chi connectivity index (χ1) is 9.24. The summed E-state index contributed by atoms with van der Waals surface area (Å²) in [5.41, 5.74) is 1.77. The number of piperidine rings is 1. The predicted octanol–water partition coefficient (Wildman–Crippen LogP) is 4.07. The lowest BCUT2D eigenvalue weighted by atomic mass is 9.99. The van der Waals surface area contributed by atoms with E-state index in [0.29, 0.717) is 5.92 Å². The zero-order chi connectivity index (χ0) is 13.2. The fourth-order valence-electron chi connectivity index (χ4n) is 2.33. The van der Waals surface area contributed by atoms with Gasteiger partial charge in [0.2, 0.25) is 0 Å². The lowest BCUT2D eigenvalue weighted by Crippen LogP contribution is -2.26. The Kier molecular flexibility index (Phi) is 3.82. The van der Waals surface area contributed by atoms with Crippen molar-refractivity contribution in [2.45, 2.75) is 18.8 Å². The predicted molar refractivity (Wildman–Crippen MR) is 77.4 cm³/mol. The van der Waals surface area contributed by atoms with Crippen molar-refractivity contribution in [1.29, 1.82) is 0 Å². The monoisotopic (exact) mass is 296 g/mol. The zero-order valence-electron chi connectivity index (χ0n) is 10.3. The average molecular weight is 297 g/mol. The molecule has 1 fully saturated rings. The van der Waals surface area contributed by atoms with Crippen molar-refractivity contribution in [2.24, 2.45) is 0 Å². The molecule has 0 atom stereocenters. The molecule has 1 aliphatic heterocycles. The lowest BCUT2D eigenvalue weighted by Gasteiger charge is -2.20. The molecule has 1 aromatic heterocycles. The molecular formula is C14H14ClFN2S. The van der Waals surface area contributed by atoms with Crippen LogP contribution in [0.1, 0.15) is 23.8 Å². The molecule has 1 N–H and O–H groups in total. The molecule has 1 aromatic carbocycles. The van der Waals surface area contributed by atoms with E-state index in [1.54, 1.807) is 23.5 Å². The minimum absolute atomic E-state index is 0.147. The number of benzene rings is 1. The smallest absolute Gasteiger partial charge is 0.141 e. The van der Waals surface area contributed by atoms with Crippen molar-refractivity contribution in [3.63, 3.8) is 0 Å². The number of hydrogen-bond donors (Lipinski definition) is 1. The van der Waals surface area contributed by atoms with Gasteiger partial charge in [-0.2, -0.15) is 0 Å². The van der Waals surface area contributed by atoms with E-state index in [0.717, 1.165) is 37.2 Å². The maximum absolute atomic E-state index is 13.2. The van der Waals surface area contributed by atoms with Gasteiger partial charge in [-0.25, -0.2) is 9.37 Å². The van der Waals surface area contributed by atoms with Gasteiger partial charge >= 0.3 is 0 Å². The Morgan fingerprint density at radius 1 is 1.32 bits per heavy atom. The summed E-state index contributed by atoms with van der Waals surface area (Å²) < 4.78 is 13.2. The minimum atomic E-state index is -0.390. The molecule has 2 nitrogen and oxygen atoms in total. The molecule has 0 bridgehead atoms. The van der Waals surface area contributed by atoms with Gasteiger partial charge in [-0.05, 0) is 44.1 Å². The van der Waals surface area contributed by atoms with Crippen molar-refractivity contribution < 1.29 is 4.39 Å². The van der Waals surface area contributed by atoms with Crippen molar-refractivity contribution in [3.05, 3.63) is 39.4 Å². The number of nitrogens with one attached hydrogen (secondary N) is 1. The molecule has 2 aromatic rings. The van der Waals surface area contributed by atoms with Gasteiger partial charge in [-0.1, -0.05) is 11.6 Å². The Bertz CT molecular complexity index is 579. The molecule has 0 radical (unpaired) electrons. The van der Waals surface area contributed by atoms with Crippen LogP contribution in [0.4, 0.5) is 4.39 Å². The van der Waals surface area contributed by atoms with Gasteiger partial charge in [0.15, 0.2) is 0 Å². The van der Waals surface area contributed by atoms with E-state index in [4.69, 9.17) is 11.6 Å². The molecule has 0 unspecified atom stereocenters. The highest BCUT2D eigenvalue weighted by atomic mass is 35.5. The van der Waals surface area contributed by atoms with Gasteiger partial charge in [0, 0.05) is 16.9 Å². The first-order valence-electron chi connectivity index (χ1n) is 6.35. The summed E-state index contributed by atoms with van der Waals surface area (Å²) in [5.74, 6) is 0.162. The van der Waals surface area contributed by atoms with Gasteiger partial charge in [-0.3, -0.25) is 0 Å². The van der Waals surface area contributed by atoms with Crippen LogP contribution in [0.15, 0.2) is 23.6 Å². The van der Waals surface area contributed by atoms with E-state index >= 15 is 0 Å². The molecule has 100 valence electrons. The quantitative estimate of drug-likeness (QED) is 0.903. The zero-order valence-corrected chi connectivity index (χ0v) is 11.9. The maximum atomic E-state index is 13.2. The standard InChI is InChI=1S/C14H14ClFN2S/c15-11-7-10(1-2-12(11)16)13-8-19-14(18-13)9-3-5-17-6-4-9/h1-2,7-9,17H,3-6H2.